The second kappa shape index (κ2) is 11.2. The molecule has 0 radical (unpaired) electrons. The van der Waals surface area contributed by atoms with Gasteiger partial charge in [-0.25, -0.2) is 0 Å². The molecule has 0 bridgehead atoms. The molecule has 1 aliphatic rings. The molecule has 2 rings (SSSR count). The zero-order valence-corrected chi connectivity index (χ0v) is 16.7. The number of rotatable bonds is 7. The summed E-state index contributed by atoms with van der Waals surface area (Å²) in [6.45, 7) is 5.60. The number of aliphatic imine (C=N–C) groups is 1. The van der Waals surface area contributed by atoms with Crippen LogP contribution in [0.25, 0.3) is 0 Å². The summed E-state index contributed by atoms with van der Waals surface area (Å²) in [5.41, 5.74) is 2.13. The van der Waals surface area contributed by atoms with Crippen molar-refractivity contribution in [2.24, 2.45) is 4.99 Å². The van der Waals surface area contributed by atoms with Crippen molar-refractivity contribution >= 4 is 41.5 Å². The fourth-order valence-electron chi connectivity index (χ4n) is 2.51. The number of hydrogen-bond acceptors (Lipinski definition) is 3. The Balaban J connectivity index is 0.00000288. The molecule has 0 saturated carbocycles. The number of halogens is 1. The highest BCUT2D eigenvalue weighted by Crippen LogP contribution is 2.21. The number of nitrogens with zero attached hydrogens (tertiary/aromatic N) is 2. The fourth-order valence-corrected chi connectivity index (χ4v) is 2.51. The Morgan fingerprint density at radius 2 is 2.04 bits per heavy atom. The molecule has 134 valence electrons. The Morgan fingerprint density at radius 1 is 1.29 bits per heavy atom. The summed E-state index contributed by atoms with van der Waals surface area (Å²) in [6, 6.07) is 8.10. The predicted molar refractivity (Wildman–Crippen MR) is 108 cm³/mol. The third-order valence-corrected chi connectivity index (χ3v) is 3.75. The van der Waals surface area contributed by atoms with Gasteiger partial charge in [0.2, 0.25) is 5.91 Å². The van der Waals surface area contributed by atoms with Gasteiger partial charge >= 0.3 is 0 Å². The number of anilines is 1. The number of carbonyl (C=O) groups is 1. The van der Waals surface area contributed by atoms with E-state index in [9.17, 15) is 4.79 Å². The third kappa shape index (κ3) is 6.27. The molecular formula is C17H27IN4O2. The SMILES string of the molecule is CCOCCNC(=NC)NCc1ccc(N2CCCC2=O)cc1.I. The van der Waals surface area contributed by atoms with Crippen molar-refractivity contribution in [1.82, 2.24) is 10.6 Å². The number of carbonyl (C=O) groups excluding carboxylic acids is 1. The van der Waals surface area contributed by atoms with Gasteiger partial charge in [-0.15, -0.1) is 24.0 Å². The first-order valence-corrected chi connectivity index (χ1v) is 8.16. The van der Waals surface area contributed by atoms with Crippen molar-refractivity contribution in [2.45, 2.75) is 26.3 Å². The molecule has 6 nitrogen and oxygen atoms in total. The quantitative estimate of drug-likeness (QED) is 0.292. The summed E-state index contributed by atoms with van der Waals surface area (Å²) in [5.74, 6) is 0.971. The Morgan fingerprint density at radius 3 is 2.62 bits per heavy atom. The zero-order chi connectivity index (χ0) is 16.5. The van der Waals surface area contributed by atoms with Crippen molar-refractivity contribution in [3.63, 3.8) is 0 Å². The second-order valence-corrected chi connectivity index (χ2v) is 5.36. The summed E-state index contributed by atoms with van der Waals surface area (Å²) < 4.78 is 5.28. The van der Waals surface area contributed by atoms with Crippen LogP contribution in [0.4, 0.5) is 5.69 Å². The molecule has 1 heterocycles. The average molecular weight is 446 g/mol. The van der Waals surface area contributed by atoms with Crippen LogP contribution in [0.3, 0.4) is 0 Å². The summed E-state index contributed by atoms with van der Waals surface area (Å²) >= 11 is 0. The minimum absolute atomic E-state index is 0. The number of guanidine groups is 1. The molecule has 0 unspecified atom stereocenters. The van der Waals surface area contributed by atoms with Crippen molar-refractivity contribution in [3.8, 4) is 0 Å². The molecule has 1 aromatic carbocycles. The maximum atomic E-state index is 11.7. The van der Waals surface area contributed by atoms with Crippen LogP contribution in [-0.2, 0) is 16.1 Å². The van der Waals surface area contributed by atoms with E-state index in [0.717, 1.165) is 43.3 Å². The molecule has 0 atom stereocenters. The molecular weight excluding hydrogens is 419 g/mol. The van der Waals surface area contributed by atoms with Crippen LogP contribution in [-0.4, -0.2) is 45.2 Å². The molecule has 1 saturated heterocycles. The summed E-state index contributed by atoms with van der Waals surface area (Å²) in [6.07, 6.45) is 1.61. The van der Waals surface area contributed by atoms with Gasteiger partial charge in [-0.05, 0) is 31.0 Å². The molecule has 1 aromatic rings. The van der Waals surface area contributed by atoms with Gasteiger partial charge < -0.3 is 20.3 Å². The van der Waals surface area contributed by atoms with E-state index in [1.54, 1.807) is 7.05 Å². The normalized spacial score (nSPS) is 14.5. The number of amides is 1. The molecule has 0 aliphatic carbocycles. The standard InChI is InChI=1S/C17H26N4O2.HI/c1-3-23-12-10-19-17(18-2)20-13-14-6-8-15(9-7-14)21-11-4-5-16(21)22;/h6-9H,3-5,10-13H2,1-2H3,(H2,18,19,20);1H. The van der Waals surface area contributed by atoms with Gasteiger partial charge in [-0.1, -0.05) is 12.1 Å². The van der Waals surface area contributed by atoms with Crippen LogP contribution in [0.2, 0.25) is 0 Å². The lowest BCUT2D eigenvalue weighted by molar-refractivity contribution is -0.117. The first-order valence-electron chi connectivity index (χ1n) is 8.16. The maximum absolute atomic E-state index is 11.7. The Kier molecular flexibility index (Phi) is 9.70. The number of benzene rings is 1. The van der Waals surface area contributed by atoms with Crippen LogP contribution in [0.15, 0.2) is 29.3 Å². The number of ether oxygens (including phenoxy) is 1. The van der Waals surface area contributed by atoms with E-state index in [4.69, 9.17) is 4.74 Å². The van der Waals surface area contributed by atoms with Crippen LogP contribution in [0.5, 0.6) is 0 Å². The molecule has 0 spiro atoms. The zero-order valence-electron chi connectivity index (χ0n) is 14.4. The minimum Gasteiger partial charge on any atom is -0.380 e. The summed E-state index contributed by atoms with van der Waals surface area (Å²) in [7, 11) is 1.75. The van der Waals surface area contributed by atoms with E-state index < -0.39 is 0 Å². The maximum Gasteiger partial charge on any atom is 0.227 e. The van der Waals surface area contributed by atoms with Gasteiger partial charge in [-0.3, -0.25) is 9.79 Å². The molecule has 1 aliphatic heterocycles. The highest BCUT2D eigenvalue weighted by atomic mass is 127. The fraction of sp³-hybridized carbons (Fsp3) is 0.529. The van der Waals surface area contributed by atoms with Gasteiger partial charge in [0.25, 0.3) is 0 Å². The smallest absolute Gasteiger partial charge is 0.227 e. The van der Waals surface area contributed by atoms with Gasteiger partial charge in [-0.2, -0.15) is 0 Å². The van der Waals surface area contributed by atoms with Gasteiger partial charge in [0.15, 0.2) is 5.96 Å². The van der Waals surface area contributed by atoms with Crippen LogP contribution >= 0.6 is 24.0 Å². The van der Waals surface area contributed by atoms with Crippen LogP contribution < -0.4 is 15.5 Å². The van der Waals surface area contributed by atoms with Crippen LogP contribution in [0, 0.1) is 0 Å². The topological polar surface area (TPSA) is 66.0 Å². The first kappa shape index (κ1) is 20.7. The summed E-state index contributed by atoms with van der Waals surface area (Å²) in [5, 5.41) is 6.46. The van der Waals surface area contributed by atoms with Crippen molar-refractivity contribution in [3.05, 3.63) is 29.8 Å². The first-order chi connectivity index (χ1) is 11.2. The minimum atomic E-state index is 0. The molecule has 7 heteroatoms. The van der Waals surface area contributed by atoms with Gasteiger partial charge in [0, 0.05) is 45.4 Å². The largest absolute Gasteiger partial charge is 0.380 e. The lowest BCUT2D eigenvalue weighted by Crippen LogP contribution is -2.38. The lowest BCUT2D eigenvalue weighted by atomic mass is 10.2. The second-order valence-electron chi connectivity index (χ2n) is 5.36. The monoisotopic (exact) mass is 446 g/mol. The number of nitrogens with one attached hydrogen (secondary N) is 2. The van der Waals surface area contributed by atoms with E-state index in [2.05, 4.69) is 15.6 Å². The van der Waals surface area contributed by atoms with Crippen molar-refractivity contribution in [2.75, 3.05) is 38.3 Å². The van der Waals surface area contributed by atoms with E-state index in [1.165, 1.54) is 0 Å². The van der Waals surface area contributed by atoms with E-state index in [1.807, 2.05) is 36.1 Å². The van der Waals surface area contributed by atoms with E-state index in [0.29, 0.717) is 19.6 Å². The van der Waals surface area contributed by atoms with Crippen molar-refractivity contribution in [1.29, 1.82) is 0 Å². The Bertz CT molecular complexity index is 534. The van der Waals surface area contributed by atoms with Crippen LogP contribution in [0.1, 0.15) is 25.3 Å². The molecule has 2 N–H and O–H groups in total. The Labute approximate surface area is 161 Å². The number of hydrogen-bond donors (Lipinski definition) is 2. The molecule has 0 aromatic heterocycles. The molecule has 1 amide bonds. The third-order valence-electron chi connectivity index (χ3n) is 3.75. The Hall–Kier alpha value is -1.35. The predicted octanol–water partition coefficient (Wildman–Crippen LogP) is 2.13. The highest BCUT2D eigenvalue weighted by molar-refractivity contribution is 14.0. The molecule has 1 fully saturated rings. The lowest BCUT2D eigenvalue weighted by Gasteiger charge is -2.16. The van der Waals surface area contributed by atoms with Crippen molar-refractivity contribution < 1.29 is 9.53 Å². The van der Waals surface area contributed by atoms with E-state index in [-0.39, 0.29) is 29.9 Å². The average Bonchev–Trinajstić information content (AvgIpc) is 3.01. The molecule has 24 heavy (non-hydrogen) atoms. The van der Waals surface area contributed by atoms with E-state index >= 15 is 0 Å². The van der Waals surface area contributed by atoms with Gasteiger partial charge in [0.1, 0.15) is 0 Å². The summed E-state index contributed by atoms with van der Waals surface area (Å²) in [4.78, 5) is 17.8. The highest BCUT2D eigenvalue weighted by Gasteiger charge is 2.21. The van der Waals surface area contributed by atoms with Gasteiger partial charge in [0.05, 0.1) is 6.61 Å².